The molecule has 0 radical (unpaired) electrons. The van der Waals surface area contributed by atoms with E-state index in [1.165, 1.54) is 17.8 Å². The topological polar surface area (TPSA) is 75.3 Å². The summed E-state index contributed by atoms with van der Waals surface area (Å²) in [6, 6.07) is 4.62. The Kier molecular flexibility index (Phi) is 7.10. The van der Waals surface area contributed by atoms with Gasteiger partial charge in [-0.25, -0.2) is 13.1 Å². The number of hydrogen-bond acceptors (Lipinski definition) is 4. The molecule has 130 valence electrons. The summed E-state index contributed by atoms with van der Waals surface area (Å²) in [6.07, 6.45) is 1.88. The number of benzene rings is 1. The number of sulfonamides is 1. The van der Waals surface area contributed by atoms with Gasteiger partial charge < -0.3 is 5.32 Å². The summed E-state index contributed by atoms with van der Waals surface area (Å²) >= 11 is 1.46. The van der Waals surface area contributed by atoms with Gasteiger partial charge in [0.25, 0.3) is 0 Å². The van der Waals surface area contributed by atoms with Crippen LogP contribution in [0.1, 0.15) is 34.6 Å². The number of rotatable bonds is 7. The van der Waals surface area contributed by atoms with Gasteiger partial charge in [-0.2, -0.15) is 0 Å². The van der Waals surface area contributed by atoms with Crippen LogP contribution in [0.4, 0.5) is 5.69 Å². The van der Waals surface area contributed by atoms with Gasteiger partial charge in [-0.3, -0.25) is 4.79 Å². The van der Waals surface area contributed by atoms with Crippen LogP contribution in [0.3, 0.4) is 0 Å². The van der Waals surface area contributed by atoms with Gasteiger partial charge in [0.15, 0.2) is 0 Å². The first-order valence-corrected chi connectivity index (χ1v) is 10.3. The van der Waals surface area contributed by atoms with Crippen LogP contribution >= 0.6 is 11.8 Å². The molecule has 23 heavy (non-hydrogen) atoms. The van der Waals surface area contributed by atoms with Crippen molar-refractivity contribution in [2.75, 3.05) is 11.6 Å². The molecule has 0 heterocycles. The van der Waals surface area contributed by atoms with E-state index in [0.29, 0.717) is 5.69 Å². The molecular formula is C16H26N2O3S2. The third-order valence-corrected chi connectivity index (χ3v) is 5.96. The molecule has 0 aliphatic rings. The third-order valence-electron chi connectivity index (χ3n) is 3.60. The maximum absolute atomic E-state index is 12.5. The van der Waals surface area contributed by atoms with Gasteiger partial charge >= 0.3 is 0 Å². The fourth-order valence-electron chi connectivity index (χ4n) is 1.68. The van der Waals surface area contributed by atoms with Crippen molar-refractivity contribution in [1.82, 2.24) is 4.72 Å². The van der Waals surface area contributed by atoms with E-state index in [4.69, 9.17) is 0 Å². The predicted octanol–water partition coefficient (Wildman–Crippen LogP) is 3.33. The van der Waals surface area contributed by atoms with E-state index in [9.17, 15) is 13.2 Å². The van der Waals surface area contributed by atoms with Gasteiger partial charge in [0.2, 0.25) is 15.9 Å². The molecule has 2 N–H and O–H groups in total. The Bertz CT molecular complexity index is 655. The molecule has 1 aromatic carbocycles. The third kappa shape index (κ3) is 5.51. The van der Waals surface area contributed by atoms with Crippen LogP contribution in [0, 0.1) is 11.8 Å². The normalized spacial score (nSPS) is 13.4. The van der Waals surface area contributed by atoms with Gasteiger partial charge in [0, 0.05) is 16.9 Å². The van der Waals surface area contributed by atoms with Crippen molar-refractivity contribution in [2.24, 2.45) is 11.8 Å². The molecule has 1 rings (SSSR count). The number of nitrogens with one attached hydrogen (secondary N) is 2. The molecule has 0 saturated carbocycles. The maximum atomic E-state index is 12.5. The lowest BCUT2D eigenvalue weighted by molar-refractivity contribution is -0.118. The molecule has 0 aliphatic heterocycles. The first-order valence-electron chi connectivity index (χ1n) is 7.59. The highest BCUT2D eigenvalue weighted by Crippen LogP contribution is 2.28. The summed E-state index contributed by atoms with van der Waals surface area (Å²) in [6.45, 7) is 9.33. The summed E-state index contributed by atoms with van der Waals surface area (Å²) in [4.78, 5) is 12.9. The van der Waals surface area contributed by atoms with Crippen LogP contribution in [-0.4, -0.2) is 26.6 Å². The summed E-state index contributed by atoms with van der Waals surface area (Å²) in [5.74, 6) is -0.127. The number of hydrogen-bond donors (Lipinski definition) is 2. The summed E-state index contributed by atoms with van der Waals surface area (Å²) in [5, 5.41) is 2.80. The molecule has 7 heteroatoms. The number of thioether (sulfide) groups is 1. The summed E-state index contributed by atoms with van der Waals surface area (Å²) in [5.41, 5.74) is 0.524. The number of amides is 1. The average molecular weight is 359 g/mol. The molecule has 1 amide bonds. The average Bonchev–Trinajstić information content (AvgIpc) is 2.46. The molecule has 1 aromatic rings. The Hall–Kier alpha value is -1.05. The maximum Gasteiger partial charge on any atom is 0.240 e. The lowest BCUT2D eigenvalue weighted by Crippen LogP contribution is -2.36. The first kappa shape index (κ1) is 20.0. The van der Waals surface area contributed by atoms with Crippen molar-refractivity contribution < 1.29 is 13.2 Å². The second kappa shape index (κ2) is 8.17. The van der Waals surface area contributed by atoms with Crippen LogP contribution in [-0.2, 0) is 14.8 Å². The van der Waals surface area contributed by atoms with E-state index in [-0.39, 0.29) is 28.7 Å². The lowest BCUT2D eigenvalue weighted by atomic mass is 10.1. The Morgan fingerprint density at radius 3 is 2.22 bits per heavy atom. The van der Waals surface area contributed by atoms with Gasteiger partial charge in [-0.05, 0) is 37.3 Å². The fraction of sp³-hybridized carbons (Fsp3) is 0.562. The summed E-state index contributed by atoms with van der Waals surface area (Å²) < 4.78 is 27.6. The highest BCUT2D eigenvalue weighted by molar-refractivity contribution is 7.98. The molecular weight excluding hydrogens is 332 g/mol. The predicted molar refractivity (Wildman–Crippen MR) is 96.3 cm³/mol. The Morgan fingerprint density at radius 1 is 1.13 bits per heavy atom. The van der Waals surface area contributed by atoms with Crippen LogP contribution in [0.5, 0.6) is 0 Å². The molecule has 0 bridgehead atoms. The van der Waals surface area contributed by atoms with Crippen molar-refractivity contribution in [3.63, 3.8) is 0 Å². The molecule has 0 saturated heterocycles. The molecule has 0 spiro atoms. The van der Waals surface area contributed by atoms with Gasteiger partial charge in [0.1, 0.15) is 0 Å². The first-order chi connectivity index (χ1) is 10.6. The van der Waals surface area contributed by atoms with E-state index in [1.54, 1.807) is 26.0 Å². The molecule has 5 nitrogen and oxygen atoms in total. The van der Waals surface area contributed by atoms with E-state index in [2.05, 4.69) is 10.0 Å². The summed E-state index contributed by atoms with van der Waals surface area (Å²) in [7, 11) is -3.62. The number of carbonyl (C=O) groups excluding carboxylic acids is 1. The van der Waals surface area contributed by atoms with Crippen molar-refractivity contribution in [3.05, 3.63) is 18.2 Å². The smallest absolute Gasteiger partial charge is 0.240 e. The van der Waals surface area contributed by atoms with Gasteiger partial charge in [-0.15, -0.1) is 11.8 Å². The standard InChI is InChI=1S/C16H26N2O3S2/c1-10(2)12(5)18-23(20,21)13-7-8-15(22-6)14(9-13)17-16(19)11(3)4/h7-12,18H,1-6H3,(H,17,19)/t12-/m1/s1. The Morgan fingerprint density at radius 2 is 1.74 bits per heavy atom. The fourth-order valence-corrected chi connectivity index (χ4v) is 3.63. The lowest BCUT2D eigenvalue weighted by Gasteiger charge is -2.18. The minimum Gasteiger partial charge on any atom is -0.325 e. The van der Waals surface area contributed by atoms with E-state index >= 15 is 0 Å². The minimum atomic E-state index is -3.62. The highest BCUT2D eigenvalue weighted by atomic mass is 32.2. The molecule has 1 atom stereocenters. The zero-order valence-electron chi connectivity index (χ0n) is 14.5. The highest BCUT2D eigenvalue weighted by Gasteiger charge is 2.21. The van der Waals surface area contributed by atoms with Crippen molar-refractivity contribution in [3.8, 4) is 0 Å². The van der Waals surface area contributed by atoms with Crippen LogP contribution < -0.4 is 10.0 Å². The molecule has 0 aromatic heterocycles. The number of carbonyl (C=O) groups is 1. The molecule has 0 unspecified atom stereocenters. The molecule has 0 aliphatic carbocycles. The SMILES string of the molecule is CSc1ccc(S(=O)(=O)N[C@H](C)C(C)C)cc1NC(=O)C(C)C. The Labute approximate surface area is 143 Å². The second-order valence-corrected chi connectivity index (χ2v) is 8.72. The van der Waals surface area contributed by atoms with Crippen LogP contribution in [0.2, 0.25) is 0 Å². The van der Waals surface area contributed by atoms with Crippen molar-refractivity contribution in [2.45, 2.75) is 50.5 Å². The monoisotopic (exact) mass is 358 g/mol. The number of anilines is 1. The van der Waals surface area contributed by atoms with E-state index < -0.39 is 10.0 Å². The van der Waals surface area contributed by atoms with E-state index in [0.717, 1.165) is 4.90 Å². The quantitative estimate of drug-likeness (QED) is 0.733. The Balaban J connectivity index is 3.16. The van der Waals surface area contributed by atoms with Gasteiger partial charge in [-0.1, -0.05) is 27.7 Å². The van der Waals surface area contributed by atoms with Gasteiger partial charge in [0.05, 0.1) is 10.6 Å². The van der Waals surface area contributed by atoms with Crippen molar-refractivity contribution in [1.29, 1.82) is 0 Å². The van der Waals surface area contributed by atoms with Crippen molar-refractivity contribution >= 4 is 33.4 Å². The zero-order chi connectivity index (χ0) is 17.8. The van der Waals surface area contributed by atoms with E-state index in [1.807, 2.05) is 27.0 Å². The molecule has 0 fully saturated rings. The van der Waals surface area contributed by atoms with Crippen LogP contribution in [0.15, 0.2) is 28.0 Å². The van der Waals surface area contributed by atoms with Crippen LogP contribution in [0.25, 0.3) is 0 Å². The largest absolute Gasteiger partial charge is 0.325 e. The second-order valence-electron chi connectivity index (χ2n) is 6.16. The zero-order valence-corrected chi connectivity index (χ0v) is 16.1. The minimum absolute atomic E-state index is 0.140.